The number of hydrogen-bond acceptors (Lipinski definition) is 3. The molecule has 5 nitrogen and oxygen atoms in total. The van der Waals surface area contributed by atoms with Gasteiger partial charge >= 0.3 is 5.97 Å². The van der Waals surface area contributed by atoms with E-state index in [2.05, 4.69) is 5.32 Å². The fourth-order valence-electron chi connectivity index (χ4n) is 2.56. The fourth-order valence-corrected chi connectivity index (χ4v) is 2.56. The van der Waals surface area contributed by atoms with E-state index in [1.54, 1.807) is 7.11 Å². The highest BCUT2D eigenvalue weighted by Crippen LogP contribution is 2.51. The van der Waals surface area contributed by atoms with Gasteiger partial charge in [-0.3, -0.25) is 9.59 Å². The number of benzene rings is 1. The first-order chi connectivity index (χ1) is 9.99. The third kappa shape index (κ3) is 3.35. The first kappa shape index (κ1) is 15.4. The van der Waals surface area contributed by atoms with Crippen molar-refractivity contribution in [3.63, 3.8) is 0 Å². The topological polar surface area (TPSA) is 75.6 Å². The molecule has 1 aliphatic carbocycles. The minimum Gasteiger partial charge on any atom is -0.496 e. The molecule has 1 unspecified atom stereocenters. The van der Waals surface area contributed by atoms with Crippen LogP contribution >= 0.6 is 0 Å². The number of carboxylic acid groups (broad SMARTS) is 1. The second-order valence-electron chi connectivity index (χ2n) is 5.59. The van der Waals surface area contributed by atoms with Crippen molar-refractivity contribution in [1.82, 2.24) is 5.32 Å². The van der Waals surface area contributed by atoms with E-state index < -0.39 is 11.4 Å². The predicted octanol–water partition coefficient (Wildman–Crippen LogP) is 2.10. The van der Waals surface area contributed by atoms with E-state index in [4.69, 9.17) is 9.84 Å². The van der Waals surface area contributed by atoms with Crippen LogP contribution in [-0.2, 0) is 15.0 Å². The van der Waals surface area contributed by atoms with E-state index in [1.807, 2.05) is 31.2 Å². The molecule has 1 fully saturated rings. The summed E-state index contributed by atoms with van der Waals surface area (Å²) in [6.07, 6.45) is 2.09. The summed E-state index contributed by atoms with van der Waals surface area (Å²) in [5, 5.41) is 11.6. The van der Waals surface area contributed by atoms with Gasteiger partial charge in [0, 0.05) is 18.0 Å². The molecule has 0 radical (unpaired) electrons. The Morgan fingerprint density at radius 1 is 1.38 bits per heavy atom. The smallest absolute Gasteiger partial charge is 0.303 e. The standard InChI is InChI=1S/C16H21NO4/c1-11(7-8-14(18)19)17-15(20)16(9-10-16)12-5-3-4-6-13(12)21-2/h3-6,11H,7-10H2,1-2H3,(H,17,20)(H,18,19). The molecule has 0 heterocycles. The fraction of sp³-hybridized carbons (Fsp3) is 0.500. The number of carboxylic acids is 1. The van der Waals surface area contributed by atoms with Gasteiger partial charge in [-0.2, -0.15) is 0 Å². The third-order valence-corrected chi connectivity index (χ3v) is 3.98. The van der Waals surface area contributed by atoms with Gasteiger partial charge in [-0.25, -0.2) is 0 Å². The molecule has 1 aliphatic rings. The monoisotopic (exact) mass is 291 g/mol. The Morgan fingerprint density at radius 2 is 2.05 bits per heavy atom. The Balaban J connectivity index is 2.06. The molecule has 114 valence electrons. The van der Waals surface area contributed by atoms with Crippen molar-refractivity contribution >= 4 is 11.9 Å². The van der Waals surface area contributed by atoms with Crippen LogP contribution in [0.25, 0.3) is 0 Å². The van der Waals surface area contributed by atoms with Crippen molar-refractivity contribution in [2.45, 2.75) is 44.1 Å². The van der Waals surface area contributed by atoms with Crippen LogP contribution in [-0.4, -0.2) is 30.1 Å². The first-order valence-corrected chi connectivity index (χ1v) is 7.16. The maximum atomic E-state index is 12.5. The summed E-state index contributed by atoms with van der Waals surface area (Å²) in [5.41, 5.74) is 0.403. The molecule has 1 atom stereocenters. The van der Waals surface area contributed by atoms with Crippen molar-refractivity contribution in [3.8, 4) is 5.75 Å². The molecular formula is C16H21NO4. The van der Waals surface area contributed by atoms with Crippen LogP contribution in [0.1, 0.15) is 38.2 Å². The molecule has 0 saturated heterocycles. The van der Waals surface area contributed by atoms with Crippen molar-refractivity contribution < 1.29 is 19.4 Å². The van der Waals surface area contributed by atoms with E-state index >= 15 is 0 Å². The van der Waals surface area contributed by atoms with Gasteiger partial charge in [0.2, 0.25) is 5.91 Å². The second-order valence-corrected chi connectivity index (χ2v) is 5.59. The zero-order valence-electron chi connectivity index (χ0n) is 12.4. The van der Waals surface area contributed by atoms with Crippen LogP contribution in [0, 0.1) is 0 Å². The lowest BCUT2D eigenvalue weighted by Gasteiger charge is -2.21. The lowest BCUT2D eigenvalue weighted by Crippen LogP contribution is -2.40. The summed E-state index contributed by atoms with van der Waals surface area (Å²) in [5.74, 6) is -0.157. The molecule has 0 bridgehead atoms. The van der Waals surface area contributed by atoms with Crippen molar-refractivity contribution in [2.24, 2.45) is 0 Å². The third-order valence-electron chi connectivity index (χ3n) is 3.98. The molecule has 21 heavy (non-hydrogen) atoms. The Kier molecular flexibility index (Phi) is 4.50. The second kappa shape index (κ2) is 6.16. The summed E-state index contributed by atoms with van der Waals surface area (Å²) in [7, 11) is 1.60. The average molecular weight is 291 g/mol. The number of hydrogen-bond donors (Lipinski definition) is 2. The zero-order chi connectivity index (χ0) is 15.5. The number of carbonyl (C=O) groups is 2. The molecule has 0 aliphatic heterocycles. The largest absolute Gasteiger partial charge is 0.496 e. The molecule has 0 aromatic heterocycles. The minimum absolute atomic E-state index is 0.0371. The Morgan fingerprint density at radius 3 is 2.62 bits per heavy atom. The molecule has 2 N–H and O–H groups in total. The van der Waals surface area contributed by atoms with Gasteiger partial charge < -0.3 is 15.2 Å². The maximum Gasteiger partial charge on any atom is 0.303 e. The van der Waals surface area contributed by atoms with Crippen LogP contribution in [0.15, 0.2) is 24.3 Å². The highest BCUT2D eigenvalue weighted by Gasteiger charge is 2.52. The van der Waals surface area contributed by atoms with Crippen LogP contribution in [0.4, 0.5) is 0 Å². The number of methoxy groups -OCH3 is 1. The predicted molar refractivity (Wildman–Crippen MR) is 78.4 cm³/mol. The van der Waals surface area contributed by atoms with E-state index in [0.717, 1.165) is 24.2 Å². The van der Waals surface area contributed by atoms with Gasteiger partial charge in [0.1, 0.15) is 5.75 Å². The number of carbonyl (C=O) groups excluding carboxylic acids is 1. The van der Waals surface area contributed by atoms with E-state index in [0.29, 0.717) is 6.42 Å². The van der Waals surface area contributed by atoms with Crippen molar-refractivity contribution in [3.05, 3.63) is 29.8 Å². The number of rotatable bonds is 7. The van der Waals surface area contributed by atoms with Crippen LogP contribution in [0.2, 0.25) is 0 Å². The van der Waals surface area contributed by atoms with E-state index in [-0.39, 0.29) is 18.4 Å². The molecular weight excluding hydrogens is 270 g/mol. The van der Waals surface area contributed by atoms with E-state index in [9.17, 15) is 9.59 Å². The van der Waals surface area contributed by atoms with E-state index in [1.165, 1.54) is 0 Å². The van der Waals surface area contributed by atoms with Crippen LogP contribution < -0.4 is 10.1 Å². The average Bonchev–Trinajstić information content (AvgIpc) is 3.26. The zero-order valence-corrected chi connectivity index (χ0v) is 12.4. The van der Waals surface area contributed by atoms with Gasteiger partial charge in [0.05, 0.1) is 12.5 Å². The molecule has 1 saturated carbocycles. The first-order valence-electron chi connectivity index (χ1n) is 7.16. The number of aliphatic carboxylic acids is 1. The van der Waals surface area contributed by atoms with Gasteiger partial charge in [-0.15, -0.1) is 0 Å². The van der Waals surface area contributed by atoms with Gasteiger partial charge in [-0.1, -0.05) is 18.2 Å². The molecule has 1 aromatic rings. The quantitative estimate of drug-likeness (QED) is 0.806. The molecule has 2 rings (SSSR count). The number of para-hydroxylation sites is 1. The molecule has 5 heteroatoms. The summed E-state index contributed by atoms with van der Waals surface area (Å²) in [6.45, 7) is 1.83. The molecule has 1 aromatic carbocycles. The number of amides is 1. The summed E-state index contributed by atoms with van der Waals surface area (Å²) >= 11 is 0. The van der Waals surface area contributed by atoms with Gasteiger partial charge in [0.25, 0.3) is 0 Å². The lowest BCUT2D eigenvalue weighted by atomic mass is 9.93. The summed E-state index contributed by atoms with van der Waals surface area (Å²) < 4.78 is 5.35. The maximum absolute atomic E-state index is 12.5. The number of nitrogens with one attached hydrogen (secondary N) is 1. The van der Waals surface area contributed by atoms with Gasteiger partial charge in [0.15, 0.2) is 0 Å². The lowest BCUT2D eigenvalue weighted by molar-refractivity contribution is -0.137. The normalized spacial score (nSPS) is 16.9. The highest BCUT2D eigenvalue weighted by atomic mass is 16.5. The Hall–Kier alpha value is -2.04. The Labute approximate surface area is 124 Å². The summed E-state index contributed by atoms with van der Waals surface area (Å²) in [4.78, 5) is 23.1. The van der Waals surface area contributed by atoms with Crippen LogP contribution in [0.3, 0.4) is 0 Å². The highest BCUT2D eigenvalue weighted by molar-refractivity contribution is 5.92. The van der Waals surface area contributed by atoms with Crippen LogP contribution in [0.5, 0.6) is 5.75 Å². The Bertz CT molecular complexity index is 537. The van der Waals surface area contributed by atoms with Gasteiger partial charge in [-0.05, 0) is 32.3 Å². The summed E-state index contributed by atoms with van der Waals surface area (Å²) in [6, 6.07) is 7.41. The van der Waals surface area contributed by atoms with Crippen molar-refractivity contribution in [1.29, 1.82) is 0 Å². The number of ether oxygens (including phenoxy) is 1. The minimum atomic E-state index is -0.845. The SMILES string of the molecule is COc1ccccc1C1(C(=O)NC(C)CCC(=O)O)CC1. The molecule has 0 spiro atoms. The molecule has 1 amide bonds. The van der Waals surface area contributed by atoms with Crippen molar-refractivity contribution in [2.75, 3.05) is 7.11 Å².